The van der Waals surface area contributed by atoms with Crippen LogP contribution in [-0.2, 0) is 7.05 Å². The van der Waals surface area contributed by atoms with Gasteiger partial charge in [0.1, 0.15) is 18.2 Å². The van der Waals surface area contributed by atoms with E-state index in [1.165, 1.54) is 10.9 Å². The van der Waals surface area contributed by atoms with Crippen LogP contribution in [0.2, 0.25) is 0 Å². The lowest BCUT2D eigenvalue weighted by Crippen LogP contribution is -2.31. The zero-order valence-electron chi connectivity index (χ0n) is 21.9. The van der Waals surface area contributed by atoms with Gasteiger partial charge in [0, 0.05) is 26.5 Å². The smallest absolute Gasteiger partial charge is 0.216 e. The van der Waals surface area contributed by atoms with E-state index >= 15 is 0 Å². The maximum Gasteiger partial charge on any atom is 0.216 e. The molecule has 0 amide bonds. The second-order valence-corrected chi connectivity index (χ2v) is 8.90. The minimum atomic E-state index is -2.24. The molecule has 0 aliphatic rings. The largest absolute Gasteiger partial charge is 0.455 e. The van der Waals surface area contributed by atoms with Crippen molar-refractivity contribution in [3.63, 3.8) is 0 Å². The number of fused-ring (bicyclic) bond motifs is 4. The van der Waals surface area contributed by atoms with Gasteiger partial charge in [-0.05, 0) is 60.3 Å². The highest BCUT2D eigenvalue weighted by atomic mass is 16.3. The number of benzene rings is 4. The molecule has 0 aliphatic heterocycles. The molecule has 0 saturated carbocycles. The molecule has 0 bridgehead atoms. The SMILES string of the molecule is [2H]C([2H])([2H])c1c[n+](C)c(-c2c(C)ccc3c2oc2cc4ccc(C)cc4cc23)cc1-c1ccccc1. The van der Waals surface area contributed by atoms with Gasteiger partial charge in [-0.25, -0.2) is 4.57 Å². The molecule has 0 spiro atoms. The molecule has 0 fully saturated rings. The van der Waals surface area contributed by atoms with Crippen molar-refractivity contribution in [2.45, 2.75) is 20.7 Å². The average molecular weight is 432 g/mol. The number of hydrogen-bond donors (Lipinski definition) is 0. The first-order valence-corrected chi connectivity index (χ1v) is 11.2. The number of pyridine rings is 1. The Morgan fingerprint density at radius 2 is 1.64 bits per heavy atom. The highest BCUT2D eigenvalue weighted by Gasteiger charge is 2.22. The summed E-state index contributed by atoms with van der Waals surface area (Å²) in [6, 6.07) is 26.7. The van der Waals surface area contributed by atoms with E-state index in [1.54, 1.807) is 6.20 Å². The highest BCUT2D eigenvalue weighted by Crippen LogP contribution is 2.39. The van der Waals surface area contributed by atoms with E-state index in [9.17, 15) is 0 Å². The Bertz CT molecular complexity index is 1800. The molecular formula is C31H26NO+. The van der Waals surface area contributed by atoms with Crippen LogP contribution >= 0.6 is 0 Å². The molecule has 0 aliphatic carbocycles. The molecule has 2 heteroatoms. The Kier molecular flexibility index (Phi) is 3.70. The Morgan fingerprint density at radius 1 is 0.788 bits per heavy atom. The second kappa shape index (κ2) is 7.31. The predicted molar refractivity (Wildman–Crippen MR) is 137 cm³/mol. The third-order valence-corrected chi connectivity index (χ3v) is 6.58. The van der Waals surface area contributed by atoms with E-state index in [1.807, 2.05) is 48.0 Å². The summed E-state index contributed by atoms with van der Waals surface area (Å²) in [6.45, 7) is 1.94. The Labute approximate surface area is 197 Å². The van der Waals surface area contributed by atoms with E-state index in [0.717, 1.165) is 49.7 Å². The van der Waals surface area contributed by atoms with Crippen molar-refractivity contribution in [1.29, 1.82) is 0 Å². The third kappa shape index (κ3) is 3.14. The Balaban J connectivity index is 1.67. The lowest BCUT2D eigenvalue weighted by Gasteiger charge is -2.10. The Hall–Kier alpha value is -3.91. The normalized spacial score (nSPS) is 13.4. The fourth-order valence-corrected chi connectivity index (χ4v) is 4.87. The van der Waals surface area contributed by atoms with Crippen molar-refractivity contribution in [3.05, 3.63) is 102 Å². The summed E-state index contributed by atoms with van der Waals surface area (Å²) in [5, 5.41) is 4.46. The zero-order chi connectivity index (χ0) is 25.2. The zero-order valence-corrected chi connectivity index (χ0v) is 18.9. The minimum absolute atomic E-state index is 0.330. The second-order valence-electron chi connectivity index (χ2n) is 8.90. The lowest BCUT2D eigenvalue weighted by atomic mass is 9.96. The van der Waals surface area contributed by atoms with Gasteiger partial charge >= 0.3 is 0 Å². The summed E-state index contributed by atoms with van der Waals surface area (Å²) >= 11 is 0. The quantitative estimate of drug-likeness (QED) is 0.255. The summed E-state index contributed by atoms with van der Waals surface area (Å²) in [5.41, 5.74) is 7.74. The van der Waals surface area contributed by atoms with Crippen LogP contribution in [0.1, 0.15) is 20.8 Å². The van der Waals surface area contributed by atoms with Crippen LogP contribution in [-0.4, -0.2) is 0 Å². The molecule has 0 atom stereocenters. The Morgan fingerprint density at radius 3 is 2.45 bits per heavy atom. The van der Waals surface area contributed by atoms with Crippen LogP contribution in [0.5, 0.6) is 0 Å². The van der Waals surface area contributed by atoms with Crippen molar-refractivity contribution in [2.24, 2.45) is 7.05 Å². The predicted octanol–water partition coefficient (Wildman–Crippen LogP) is 7.82. The molecule has 2 heterocycles. The summed E-state index contributed by atoms with van der Waals surface area (Å²) < 4.78 is 32.9. The molecule has 6 rings (SSSR count). The maximum absolute atomic E-state index is 8.17. The number of hydrogen-bond acceptors (Lipinski definition) is 1. The molecule has 4 aromatic carbocycles. The maximum atomic E-state index is 8.17. The van der Waals surface area contributed by atoms with Crippen LogP contribution in [0.4, 0.5) is 0 Å². The molecule has 2 nitrogen and oxygen atoms in total. The molecule has 0 radical (unpaired) electrons. The molecular weight excluding hydrogens is 402 g/mol. The van der Waals surface area contributed by atoms with Gasteiger partial charge in [-0.2, -0.15) is 0 Å². The number of rotatable bonds is 2. The van der Waals surface area contributed by atoms with E-state index < -0.39 is 6.85 Å². The van der Waals surface area contributed by atoms with Crippen LogP contribution in [0, 0.1) is 20.7 Å². The van der Waals surface area contributed by atoms with Gasteiger partial charge in [0.25, 0.3) is 0 Å². The van der Waals surface area contributed by atoms with Crippen LogP contribution < -0.4 is 4.57 Å². The van der Waals surface area contributed by atoms with Crippen molar-refractivity contribution in [1.82, 2.24) is 0 Å². The van der Waals surface area contributed by atoms with E-state index in [-0.39, 0.29) is 0 Å². The molecule has 0 saturated heterocycles. The van der Waals surface area contributed by atoms with Gasteiger partial charge in [-0.3, -0.25) is 0 Å². The van der Waals surface area contributed by atoms with Gasteiger partial charge in [0.15, 0.2) is 6.20 Å². The van der Waals surface area contributed by atoms with Crippen molar-refractivity contribution >= 4 is 32.7 Å². The van der Waals surface area contributed by atoms with Gasteiger partial charge in [-0.1, -0.05) is 66.2 Å². The molecule has 0 unspecified atom stereocenters. The molecule has 0 N–H and O–H groups in total. The first-order chi connectivity index (χ1) is 17.2. The summed E-state index contributed by atoms with van der Waals surface area (Å²) in [4.78, 5) is 0. The molecule has 160 valence electrons. The van der Waals surface area contributed by atoms with Crippen LogP contribution in [0.15, 0.2) is 89.5 Å². The number of aryl methyl sites for hydroxylation is 4. The van der Waals surface area contributed by atoms with E-state index in [2.05, 4.69) is 56.3 Å². The van der Waals surface area contributed by atoms with Gasteiger partial charge in [-0.15, -0.1) is 0 Å². The van der Waals surface area contributed by atoms with E-state index in [4.69, 9.17) is 8.53 Å². The van der Waals surface area contributed by atoms with Crippen LogP contribution in [0.3, 0.4) is 0 Å². The topological polar surface area (TPSA) is 17.0 Å². The van der Waals surface area contributed by atoms with Crippen molar-refractivity contribution < 1.29 is 13.1 Å². The standard InChI is InChI=1S/C31H26NO/c1-19-10-12-23-16-29-27(15-24(23)14-19)25-13-11-20(2)30(31(25)33-29)28-17-26(21(3)18-32(28)4)22-8-6-5-7-9-22/h5-18H,1-4H3/q+1/i3D3. The average Bonchev–Trinajstić information content (AvgIpc) is 3.20. The molecule has 2 aromatic heterocycles. The van der Waals surface area contributed by atoms with Gasteiger partial charge in [0.2, 0.25) is 5.69 Å². The fourth-order valence-electron chi connectivity index (χ4n) is 4.87. The first kappa shape index (κ1) is 16.7. The summed E-state index contributed by atoms with van der Waals surface area (Å²) in [5.74, 6) is 0. The van der Waals surface area contributed by atoms with Crippen molar-refractivity contribution in [3.8, 4) is 22.4 Å². The number of aromatic nitrogens is 1. The minimum Gasteiger partial charge on any atom is -0.455 e. The summed E-state index contributed by atoms with van der Waals surface area (Å²) in [6.07, 6.45) is 1.74. The number of nitrogens with zero attached hydrogens (tertiary/aromatic N) is 1. The van der Waals surface area contributed by atoms with E-state index in [0.29, 0.717) is 11.1 Å². The van der Waals surface area contributed by atoms with Crippen molar-refractivity contribution in [2.75, 3.05) is 0 Å². The third-order valence-electron chi connectivity index (χ3n) is 6.58. The van der Waals surface area contributed by atoms with Gasteiger partial charge in [0.05, 0.1) is 5.56 Å². The monoisotopic (exact) mass is 431 g/mol. The highest BCUT2D eigenvalue weighted by molar-refractivity contribution is 6.13. The first-order valence-electron chi connectivity index (χ1n) is 12.7. The fraction of sp³-hybridized carbons (Fsp3) is 0.129. The van der Waals surface area contributed by atoms with Crippen LogP contribution in [0.25, 0.3) is 55.1 Å². The molecule has 33 heavy (non-hydrogen) atoms. The lowest BCUT2D eigenvalue weighted by molar-refractivity contribution is -0.660. The molecule has 6 aromatic rings. The summed E-state index contributed by atoms with van der Waals surface area (Å²) in [7, 11) is 1.90. The number of furan rings is 1. The van der Waals surface area contributed by atoms with Gasteiger partial charge < -0.3 is 4.42 Å².